The van der Waals surface area contributed by atoms with E-state index in [9.17, 15) is 29.1 Å². The van der Waals surface area contributed by atoms with E-state index >= 15 is 0 Å². The second kappa shape index (κ2) is 20.0. The summed E-state index contributed by atoms with van der Waals surface area (Å²) in [4.78, 5) is 79.8. The van der Waals surface area contributed by atoms with Crippen molar-refractivity contribution in [3.05, 3.63) is 93.8 Å². The van der Waals surface area contributed by atoms with Crippen molar-refractivity contribution in [1.82, 2.24) is 30.8 Å². The van der Waals surface area contributed by atoms with Crippen molar-refractivity contribution in [3.8, 4) is 34.0 Å². The first-order valence-corrected chi connectivity index (χ1v) is 21.5. The van der Waals surface area contributed by atoms with Crippen LogP contribution in [0.4, 0.5) is 0 Å². The Hall–Kier alpha value is -6.43. The molecule has 6 rings (SSSR count). The summed E-state index contributed by atoms with van der Waals surface area (Å²) in [5, 5.41) is 18.2. The number of nitrogens with two attached hydrogens (primary N) is 3. The molecule has 1 aliphatic carbocycles. The van der Waals surface area contributed by atoms with Crippen LogP contribution >= 0.6 is 0 Å². The summed E-state index contributed by atoms with van der Waals surface area (Å²) in [7, 11) is 1.41. The second-order valence-corrected chi connectivity index (χ2v) is 17.0. The van der Waals surface area contributed by atoms with Crippen LogP contribution in [0, 0.1) is 13.8 Å². The lowest BCUT2D eigenvalue weighted by molar-refractivity contribution is -0.143. The predicted molar refractivity (Wildman–Crippen MR) is 241 cm³/mol. The first kappa shape index (κ1) is 47.1. The van der Waals surface area contributed by atoms with Crippen LogP contribution in [0.1, 0.15) is 83.7 Å². The Morgan fingerprint density at radius 2 is 1.53 bits per heavy atom. The molecular formula is C47H59N9O8. The molecule has 0 spiro atoms. The van der Waals surface area contributed by atoms with Gasteiger partial charge in [-0.25, -0.2) is 14.8 Å². The van der Waals surface area contributed by atoms with E-state index < -0.39 is 53.8 Å². The third kappa shape index (κ3) is 10.2. The molecule has 4 bridgehead atoms. The van der Waals surface area contributed by atoms with Gasteiger partial charge in [-0.15, -0.1) is 0 Å². The van der Waals surface area contributed by atoms with Crippen molar-refractivity contribution >= 4 is 29.6 Å². The maximum atomic E-state index is 14.7. The third-order valence-electron chi connectivity index (χ3n) is 11.9. The molecule has 2 heterocycles. The summed E-state index contributed by atoms with van der Waals surface area (Å²) < 4.78 is 12.1. The molecule has 64 heavy (non-hydrogen) atoms. The monoisotopic (exact) mass is 877 g/mol. The number of nitrogens with one attached hydrogen (secondary N) is 3. The molecule has 1 unspecified atom stereocenters. The molecule has 4 aromatic rings. The van der Waals surface area contributed by atoms with E-state index in [-0.39, 0.29) is 56.7 Å². The Morgan fingerprint density at radius 3 is 2.16 bits per heavy atom. The van der Waals surface area contributed by atoms with Gasteiger partial charge in [-0.1, -0.05) is 38.1 Å². The predicted octanol–water partition coefficient (Wildman–Crippen LogP) is 2.60. The number of fused-ring (bicyclic) bond motifs is 6. The van der Waals surface area contributed by atoms with Gasteiger partial charge < -0.3 is 52.6 Å². The summed E-state index contributed by atoms with van der Waals surface area (Å²) in [5.74, 6) is -2.82. The minimum atomic E-state index is -1.40. The van der Waals surface area contributed by atoms with E-state index in [1.807, 2.05) is 6.07 Å². The lowest BCUT2D eigenvalue weighted by Gasteiger charge is -2.32. The van der Waals surface area contributed by atoms with Crippen LogP contribution in [0.3, 0.4) is 0 Å². The van der Waals surface area contributed by atoms with Gasteiger partial charge in [0, 0.05) is 43.2 Å². The number of carboxylic acids is 1. The maximum absolute atomic E-state index is 14.7. The highest BCUT2D eigenvalue weighted by atomic mass is 16.5. The number of nitrogens with zero attached hydrogens (tertiary/aromatic N) is 3. The van der Waals surface area contributed by atoms with E-state index in [1.54, 1.807) is 50.2 Å². The molecule has 4 atom stereocenters. The number of ether oxygens (including phenoxy) is 2. The Bertz CT molecular complexity index is 2420. The van der Waals surface area contributed by atoms with Gasteiger partial charge in [0.2, 0.25) is 17.7 Å². The average Bonchev–Trinajstić information content (AvgIpc) is 3.56. The van der Waals surface area contributed by atoms with E-state index in [2.05, 4.69) is 41.9 Å². The van der Waals surface area contributed by atoms with Crippen LogP contribution in [-0.2, 0) is 37.4 Å². The van der Waals surface area contributed by atoms with Gasteiger partial charge in [0.15, 0.2) is 5.82 Å². The zero-order valence-electron chi connectivity index (χ0n) is 37.2. The molecular weight excluding hydrogens is 819 g/mol. The zero-order valence-corrected chi connectivity index (χ0v) is 37.2. The van der Waals surface area contributed by atoms with Crippen LogP contribution in [0.15, 0.2) is 54.6 Å². The largest absolute Gasteiger partial charge is 0.492 e. The number of aryl methyl sites for hydroxylation is 3. The van der Waals surface area contributed by atoms with Gasteiger partial charge >= 0.3 is 5.97 Å². The summed E-state index contributed by atoms with van der Waals surface area (Å²) in [6.45, 7) is 9.98. The van der Waals surface area contributed by atoms with Crippen LogP contribution < -0.4 is 42.6 Å². The number of aliphatic carboxylic acids is 1. The minimum absolute atomic E-state index is 0.00508. The van der Waals surface area contributed by atoms with Crippen LogP contribution in [0.5, 0.6) is 11.5 Å². The van der Waals surface area contributed by atoms with Gasteiger partial charge in [0.25, 0.3) is 5.91 Å². The topological polar surface area (TPSA) is 267 Å². The highest BCUT2D eigenvalue weighted by molar-refractivity contribution is 6.00. The van der Waals surface area contributed by atoms with Crippen molar-refractivity contribution in [2.75, 3.05) is 39.9 Å². The molecule has 0 saturated carbocycles. The van der Waals surface area contributed by atoms with E-state index in [4.69, 9.17) is 36.6 Å². The third-order valence-corrected chi connectivity index (χ3v) is 11.9. The number of hydrogen-bond acceptors (Lipinski definition) is 12. The summed E-state index contributed by atoms with van der Waals surface area (Å²) in [6, 6.07) is 11.1. The smallest absolute Gasteiger partial charge is 0.326 e. The highest BCUT2D eigenvalue weighted by Gasteiger charge is 2.37. The Labute approximate surface area is 372 Å². The minimum Gasteiger partial charge on any atom is -0.492 e. The number of aromatic nitrogens is 2. The summed E-state index contributed by atoms with van der Waals surface area (Å²) in [5.41, 5.74) is 24.0. The Morgan fingerprint density at radius 1 is 0.891 bits per heavy atom. The van der Waals surface area contributed by atoms with E-state index in [0.717, 1.165) is 18.4 Å². The zero-order chi connectivity index (χ0) is 46.5. The van der Waals surface area contributed by atoms with Crippen molar-refractivity contribution in [1.29, 1.82) is 0 Å². The normalized spacial score (nSPS) is 18.4. The standard InChI is InChI=1S/C47H59N9O8/c1-25-39(26(2)52-41(51-25)31-8-10-34-29(23-31)13-15-47(34,4)5)43(58)54-35(14-16-48)45(60)56(6)40-30-9-12-38(64-20-18-50)33(24-30)32-21-28(7-11-37(32)63-19-17-49)22-36(46(61)62)55-42(57)27(3)53-44(40)59/h7-12,21,23-24,27,35-36,40H,13-20,22,48-50H2,1-6H3,(H,53,59)(H,54,58)(H,55,57)(H,61,62)/t27-,35?,36-,40-/m0/s1. The van der Waals surface area contributed by atoms with Crippen molar-refractivity contribution in [2.45, 2.75) is 89.9 Å². The SMILES string of the molecule is Cc1nc(-c2ccc3c(c2)CCC3(C)C)nc(C)c1C(=O)NC(CCN)C(=O)N(C)[C@@H]1C(=O)N[C@@H](C)C(=O)N[C@H](C(=O)O)Cc2ccc(OCCN)c(c2)-c2cc1ccc2OCCN. The van der Waals surface area contributed by atoms with Crippen molar-refractivity contribution < 1.29 is 38.6 Å². The number of likely N-dealkylation sites (N-methyl/N-ethyl adjacent to an activating group) is 1. The molecule has 0 saturated heterocycles. The molecule has 17 nitrogen and oxygen atoms in total. The van der Waals surface area contributed by atoms with E-state index in [0.29, 0.717) is 51.0 Å². The highest BCUT2D eigenvalue weighted by Crippen LogP contribution is 2.41. The van der Waals surface area contributed by atoms with E-state index in [1.165, 1.54) is 30.0 Å². The lowest BCUT2D eigenvalue weighted by Crippen LogP contribution is -2.55. The van der Waals surface area contributed by atoms with Crippen LogP contribution in [0.25, 0.3) is 22.5 Å². The van der Waals surface area contributed by atoms with Crippen molar-refractivity contribution in [2.24, 2.45) is 17.2 Å². The molecule has 2 aliphatic rings. The number of carbonyl (C=O) groups excluding carboxylic acids is 4. The molecule has 0 radical (unpaired) electrons. The molecule has 1 aliphatic heterocycles. The van der Waals surface area contributed by atoms with Gasteiger partial charge in [0.1, 0.15) is 48.9 Å². The molecule has 4 amide bonds. The fraction of sp³-hybridized carbons (Fsp3) is 0.426. The fourth-order valence-corrected chi connectivity index (χ4v) is 8.46. The average molecular weight is 878 g/mol. The Balaban J connectivity index is 1.38. The summed E-state index contributed by atoms with van der Waals surface area (Å²) >= 11 is 0. The molecule has 17 heteroatoms. The number of carbonyl (C=O) groups is 5. The van der Waals surface area contributed by atoms with Crippen LogP contribution in [-0.4, -0.2) is 108 Å². The number of amides is 4. The second-order valence-electron chi connectivity index (χ2n) is 17.0. The number of benzene rings is 3. The summed E-state index contributed by atoms with van der Waals surface area (Å²) in [6.07, 6.45) is 1.92. The van der Waals surface area contributed by atoms with Gasteiger partial charge in [-0.3, -0.25) is 19.2 Å². The molecule has 10 N–H and O–H groups in total. The number of hydrogen-bond donors (Lipinski definition) is 7. The van der Waals surface area contributed by atoms with Crippen molar-refractivity contribution in [3.63, 3.8) is 0 Å². The molecule has 340 valence electrons. The number of carboxylic acid groups (broad SMARTS) is 1. The molecule has 1 aromatic heterocycles. The molecule has 0 fully saturated rings. The van der Waals surface area contributed by atoms with Gasteiger partial charge in [0.05, 0.1) is 17.0 Å². The molecule has 3 aromatic carbocycles. The number of rotatable bonds is 14. The maximum Gasteiger partial charge on any atom is 0.326 e. The first-order valence-electron chi connectivity index (χ1n) is 21.5. The van der Waals surface area contributed by atoms with Gasteiger partial charge in [-0.2, -0.15) is 0 Å². The quantitative estimate of drug-likeness (QED) is 0.0962. The van der Waals surface area contributed by atoms with Gasteiger partial charge in [-0.05, 0) is 105 Å². The fourth-order valence-electron chi connectivity index (χ4n) is 8.46. The van der Waals surface area contributed by atoms with Crippen LogP contribution in [0.2, 0.25) is 0 Å². The first-order chi connectivity index (χ1) is 30.5. The lowest BCUT2D eigenvalue weighted by atomic mass is 9.86. The Kier molecular flexibility index (Phi) is 14.7.